The molecule has 0 aliphatic rings. The summed E-state index contributed by atoms with van der Waals surface area (Å²) >= 11 is 0. The second-order valence-electron chi connectivity index (χ2n) is 5.02. The summed E-state index contributed by atoms with van der Waals surface area (Å²) in [6.45, 7) is 0. The van der Waals surface area contributed by atoms with Crippen molar-refractivity contribution in [3.05, 3.63) is 70.9 Å². The van der Waals surface area contributed by atoms with E-state index in [0.29, 0.717) is 5.52 Å². The lowest BCUT2D eigenvalue weighted by molar-refractivity contribution is -0.387. The maximum atomic E-state index is 12.3. The van der Waals surface area contributed by atoms with Gasteiger partial charge >= 0.3 is 5.97 Å². The number of benzene rings is 2. The number of ether oxygens (including phenoxy) is 1. The average Bonchev–Trinajstić information content (AvgIpc) is 2.62. The summed E-state index contributed by atoms with van der Waals surface area (Å²) in [6, 6.07) is 14.3. The molecule has 3 aromatic rings. The Labute approximate surface area is 144 Å². The highest BCUT2D eigenvalue weighted by Gasteiger charge is 2.21. The first-order valence-electron chi connectivity index (χ1n) is 7.22. The van der Waals surface area contributed by atoms with Gasteiger partial charge in [0, 0.05) is 17.6 Å². The first kappa shape index (κ1) is 16.7. The molecule has 1 heterocycles. The average molecular weight is 356 g/mol. The molecule has 0 fully saturated rings. The summed E-state index contributed by atoms with van der Waals surface area (Å²) in [5, 5.41) is 11.8. The van der Waals surface area contributed by atoms with Crippen LogP contribution < -0.4 is 4.74 Å². The number of aromatic nitrogens is 1. The van der Waals surface area contributed by atoms with Gasteiger partial charge in [-0.05, 0) is 18.2 Å². The van der Waals surface area contributed by atoms with E-state index in [-0.39, 0.29) is 16.3 Å². The molecule has 0 bridgehead atoms. The fraction of sp³-hybridized carbons (Fsp3) is 0.0588. The summed E-state index contributed by atoms with van der Waals surface area (Å²) < 4.78 is 17.6. The van der Waals surface area contributed by atoms with E-state index in [1.165, 1.54) is 24.3 Å². The first-order valence-corrected chi connectivity index (χ1v) is 8.54. The van der Waals surface area contributed by atoms with Crippen LogP contribution in [-0.4, -0.2) is 25.8 Å². The normalized spacial score (nSPS) is 11.8. The van der Waals surface area contributed by atoms with Gasteiger partial charge in [-0.2, -0.15) is 0 Å². The molecule has 0 spiro atoms. The summed E-state index contributed by atoms with van der Waals surface area (Å²) in [4.78, 5) is 26.6. The molecule has 2 aromatic carbocycles. The molecular weight excluding hydrogens is 344 g/mol. The van der Waals surface area contributed by atoms with Crippen LogP contribution in [0.4, 0.5) is 5.69 Å². The molecule has 0 radical (unpaired) electrons. The fourth-order valence-electron chi connectivity index (χ4n) is 2.30. The quantitative estimate of drug-likeness (QED) is 0.302. The Bertz CT molecular complexity index is 984. The van der Waals surface area contributed by atoms with Crippen LogP contribution in [0, 0.1) is 10.1 Å². The van der Waals surface area contributed by atoms with Crippen LogP contribution >= 0.6 is 0 Å². The van der Waals surface area contributed by atoms with Crippen molar-refractivity contribution < 1.29 is 18.7 Å². The van der Waals surface area contributed by atoms with Crippen LogP contribution in [0.25, 0.3) is 10.9 Å². The molecular formula is C17H12N2O5S. The molecule has 0 N–H and O–H groups in total. The summed E-state index contributed by atoms with van der Waals surface area (Å²) in [5.74, 6) is -0.994. The van der Waals surface area contributed by atoms with E-state index < -0.39 is 27.4 Å². The van der Waals surface area contributed by atoms with E-state index in [0.717, 1.165) is 5.39 Å². The van der Waals surface area contributed by atoms with Gasteiger partial charge in [0.25, 0.3) is 5.69 Å². The molecule has 1 atom stereocenters. The van der Waals surface area contributed by atoms with Crippen molar-refractivity contribution in [1.29, 1.82) is 0 Å². The number of carbonyl (C=O) groups excluding carboxylic acids is 1. The maximum absolute atomic E-state index is 12.3. The molecule has 7 nitrogen and oxygen atoms in total. The second-order valence-corrected chi connectivity index (χ2v) is 6.44. The third kappa shape index (κ3) is 3.69. The summed E-state index contributed by atoms with van der Waals surface area (Å²) in [6.07, 6.45) is 1.57. The number of esters is 1. The van der Waals surface area contributed by atoms with Crippen LogP contribution in [0.1, 0.15) is 0 Å². The lowest BCUT2D eigenvalue weighted by Crippen LogP contribution is -2.18. The first-order chi connectivity index (χ1) is 12.1. The minimum atomic E-state index is -1.89. The third-order valence-corrected chi connectivity index (χ3v) is 4.71. The van der Waals surface area contributed by atoms with Crippen LogP contribution in [0.15, 0.2) is 65.7 Å². The largest absolute Gasteiger partial charge is 0.423 e. The van der Waals surface area contributed by atoms with Crippen molar-refractivity contribution in [2.24, 2.45) is 0 Å². The van der Waals surface area contributed by atoms with Gasteiger partial charge in [0.15, 0.2) is 5.75 Å². The number of hydrogen-bond donors (Lipinski definition) is 0. The van der Waals surface area contributed by atoms with Gasteiger partial charge in [0.05, 0.1) is 15.7 Å². The fourth-order valence-corrected chi connectivity index (χ4v) is 3.33. The monoisotopic (exact) mass is 356 g/mol. The summed E-state index contributed by atoms with van der Waals surface area (Å²) in [5.41, 5.74) is 0.218. The minimum absolute atomic E-state index is 0.0134. The lowest BCUT2D eigenvalue weighted by Gasteiger charge is -2.07. The van der Waals surface area contributed by atoms with Gasteiger partial charge in [-0.3, -0.25) is 24.1 Å². The van der Waals surface area contributed by atoms with Crippen molar-refractivity contribution in [2.45, 2.75) is 4.90 Å². The molecule has 0 saturated carbocycles. The summed E-state index contributed by atoms with van der Waals surface area (Å²) in [7, 11) is -1.89. The maximum Gasteiger partial charge on any atom is 0.324 e. The van der Waals surface area contributed by atoms with Crippen molar-refractivity contribution in [3.63, 3.8) is 0 Å². The molecule has 0 amide bonds. The zero-order chi connectivity index (χ0) is 17.8. The number of nitrogens with zero attached hydrogens (tertiary/aromatic N) is 2. The Morgan fingerprint density at radius 1 is 1.12 bits per heavy atom. The Balaban J connectivity index is 1.79. The van der Waals surface area contributed by atoms with Gasteiger partial charge in [-0.1, -0.05) is 30.3 Å². The zero-order valence-corrected chi connectivity index (χ0v) is 13.6. The van der Waals surface area contributed by atoms with Crippen LogP contribution in [0.2, 0.25) is 0 Å². The van der Waals surface area contributed by atoms with Gasteiger partial charge in [-0.15, -0.1) is 0 Å². The van der Waals surface area contributed by atoms with Crippen LogP contribution in [0.3, 0.4) is 0 Å². The van der Waals surface area contributed by atoms with Crippen molar-refractivity contribution in [3.8, 4) is 5.75 Å². The lowest BCUT2D eigenvalue weighted by atomic mass is 10.2. The number of para-hydroxylation sites is 2. The Morgan fingerprint density at radius 2 is 1.88 bits per heavy atom. The molecule has 1 unspecified atom stereocenters. The molecule has 0 saturated heterocycles. The molecule has 1 aromatic heterocycles. The van der Waals surface area contributed by atoms with Crippen molar-refractivity contribution >= 4 is 33.4 Å². The van der Waals surface area contributed by atoms with E-state index in [1.54, 1.807) is 24.4 Å². The number of pyridine rings is 1. The Morgan fingerprint density at radius 3 is 2.68 bits per heavy atom. The number of carbonyl (C=O) groups is 1. The smallest absolute Gasteiger partial charge is 0.324 e. The Kier molecular flexibility index (Phi) is 4.80. The van der Waals surface area contributed by atoms with Crippen molar-refractivity contribution in [1.82, 2.24) is 4.98 Å². The molecule has 126 valence electrons. The van der Waals surface area contributed by atoms with Gasteiger partial charge in [-0.25, -0.2) is 0 Å². The highest BCUT2D eigenvalue weighted by atomic mass is 32.2. The van der Waals surface area contributed by atoms with E-state index >= 15 is 0 Å². The van der Waals surface area contributed by atoms with E-state index in [2.05, 4.69) is 4.98 Å². The number of nitro benzene ring substituents is 1. The number of fused-ring (bicyclic) bond motifs is 1. The van der Waals surface area contributed by atoms with Gasteiger partial charge < -0.3 is 4.74 Å². The van der Waals surface area contributed by atoms with Crippen LogP contribution in [-0.2, 0) is 15.6 Å². The van der Waals surface area contributed by atoms with Crippen molar-refractivity contribution in [2.75, 3.05) is 5.75 Å². The second kappa shape index (κ2) is 7.18. The minimum Gasteiger partial charge on any atom is -0.423 e. The van der Waals surface area contributed by atoms with Gasteiger partial charge in [0.2, 0.25) is 0 Å². The number of hydrogen-bond acceptors (Lipinski definition) is 6. The van der Waals surface area contributed by atoms with Gasteiger partial charge in [0.1, 0.15) is 16.2 Å². The molecule has 0 aliphatic carbocycles. The van der Waals surface area contributed by atoms with E-state index in [4.69, 9.17) is 4.74 Å². The highest BCUT2D eigenvalue weighted by molar-refractivity contribution is 7.85. The third-order valence-electron chi connectivity index (χ3n) is 3.38. The molecule has 3 rings (SSSR count). The van der Waals surface area contributed by atoms with E-state index in [1.807, 2.05) is 12.1 Å². The molecule has 25 heavy (non-hydrogen) atoms. The zero-order valence-electron chi connectivity index (χ0n) is 12.8. The highest BCUT2D eigenvalue weighted by Crippen LogP contribution is 2.24. The van der Waals surface area contributed by atoms with E-state index in [9.17, 15) is 19.1 Å². The SMILES string of the molecule is O=C(CS(=O)c1ccccc1[N+](=O)[O-])Oc1cccc2cccnc12. The van der Waals surface area contributed by atoms with Crippen LogP contribution in [0.5, 0.6) is 5.75 Å². The molecule has 0 aliphatic heterocycles. The molecule has 8 heteroatoms. The Hall–Kier alpha value is -3.13. The topological polar surface area (TPSA) is 99.4 Å². The predicted octanol–water partition coefficient (Wildman–Crippen LogP) is 2.86. The number of rotatable bonds is 5. The predicted molar refractivity (Wildman–Crippen MR) is 91.7 cm³/mol. The standard InChI is InChI=1S/C17H12N2O5S/c20-16(11-25(23)15-9-2-1-7-13(15)19(21)22)24-14-8-3-5-12-6-4-10-18-17(12)14/h1-10H,11H2. The number of nitro groups is 1.